The molecule has 0 atom stereocenters. The molecule has 1 rings (SSSR count). The lowest BCUT2D eigenvalue weighted by molar-refractivity contribution is 0.196. The topological polar surface area (TPSA) is 46.3 Å². The molecule has 2 amide bonds. The number of urea groups is 1. The lowest BCUT2D eigenvalue weighted by atomic mass is 10.1. The fraction of sp³-hybridized carbons (Fsp3) is 0.833. The number of carbonyl (C=O) groups excluding carboxylic acids is 1. The standard InChI is InChI=1S/C6H12N2O.2ClH/c7-6(9)8-4-2-1-3-5-8;;/h1-5H2,(H2,7,9);2*1H. The Bertz CT molecular complexity index is 115. The minimum Gasteiger partial charge on any atom is -0.351 e. The number of amides is 2. The van der Waals surface area contributed by atoms with E-state index in [9.17, 15) is 4.79 Å². The van der Waals surface area contributed by atoms with Crippen molar-refractivity contribution in [1.29, 1.82) is 0 Å². The van der Waals surface area contributed by atoms with E-state index in [2.05, 4.69) is 0 Å². The fourth-order valence-corrected chi connectivity index (χ4v) is 1.11. The summed E-state index contributed by atoms with van der Waals surface area (Å²) < 4.78 is 0. The molecule has 1 aliphatic heterocycles. The molecule has 0 aromatic heterocycles. The van der Waals surface area contributed by atoms with Crippen LogP contribution in [0.3, 0.4) is 0 Å². The Balaban J connectivity index is 0. The van der Waals surface area contributed by atoms with Crippen LogP contribution in [-0.4, -0.2) is 24.0 Å². The van der Waals surface area contributed by atoms with Crippen molar-refractivity contribution in [2.75, 3.05) is 13.1 Å². The van der Waals surface area contributed by atoms with Gasteiger partial charge in [0.05, 0.1) is 0 Å². The second-order valence-corrected chi connectivity index (χ2v) is 2.39. The highest BCUT2D eigenvalue weighted by Crippen LogP contribution is 2.06. The van der Waals surface area contributed by atoms with Crippen molar-refractivity contribution in [2.24, 2.45) is 5.73 Å². The number of hydrogen-bond acceptors (Lipinski definition) is 1. The fourth-order valence-electron chi connectivity index (χ4n) is 1.11. The van der Waals surface area contributed by atoms with Gasteiger partial charge < -0.3 is 10.6 Å². The highest BCUT2D eigenvalue weighted by molar-refractivity contribution is 5.85. The summed E-state index contributed by atoms with van der Waals surface area (Å²) >= 11 is 0. The van der Waals surface area contributed by atoms with E-state index in [1.807, 2.05) is 0 Å². The first-order chi connectivity index (χ1) is 4.30. The number of nitrogens with zero attached hydrogens (tertiary/aromatic N) is 1. The summed E-state index contributed by atoms with van der Waals surface area (Å²) in [6, 6.07) is -0.269. The molecule has 2 N–H and O–H groups in total. The molecule has 68 valence electrons. The van der Waals surface area contributed by atoms with Crippen LogP contribution < -0.4 is 5.73 Å². The summed E-state index contributed by atoms with van der Waals surface area (Å²) in [4.78, 5) is 12.2. The Labute approximate surface area is 79.1 Å². The van der Waals surface area contributed by atoms with Crippen LogP contribution in [0.1, 0.15) is 19.3 Å². The number of nitrogens with two attached hydrogens (primary N) is 1. The van der Waals surface area contributed by atoms with Crippen molar-refractivity contribution in [2.45, 2.75) is 19.3 Å². The molecule has 0 unspecified atom stereocenters. The molecule has 1 aliphatic rings. The Morgan fingerprint density at radius 1 is 1.09 bits per heavy atom. The third-order valence-corrected chi connectivity index (χ3v) is 1.67. The highest BCUT2D eigenvalue weighted by atomic mass is 35.5. The van der Waals surface area contributed by atoms with Gasteiger partial charge in [-0.3, -0.25) is 0 Å². The summed E-state index contributed by atoms with van der Waals surface area (Å²) in [5.74, 6) is 0. The Morgan fingerprint density at radius 3 is 1.82 bits per heavy atom. The summed E-state index contributed by atoms with van der Waals surface area (Å²) in [6.45, 7) is 1.71. The summed E-state index contributed by atoms with van der Waals surface area (Å²) in [5, 5.41) is 0. The number of rotatable bonds is 0. The first-order valence-electron chi connectivity index (χ1n) is 3.35. The lowest BCUT2D eigenvalue weighted by Gasteiger charge is -2.24. The van der Waals surface area contributed by atoms with E-state index in [-0.39, 0.29) is 30.8 Å². The van der Waals surface area contributed by atoms with Crippen LogP contribution >= 0.6 is 24.8 Å². The number of hydrogen-bond donors (Lipinski definition) is 1. The van der Waals surface area contributed by atoms with Gasteiger partial charge in [0.15, 0.2) is 0 Å². The van der Waals surface area contributed by atoms with E-state index in [1.54, 1.807) is 4.90 Å². The van der Waals surface area contributed by atoms with Crippen LogP contribution in [0.4, 0.5) is 4.79 Å². The molecule has 0 aromatic rings. The first kappa shape index (κ1) is 13.4. The molecule has 3 nitrogen and oxygen atoms in total. The van der Waals surface area contributed by atoms with E-state index in [1.165, 1.54) is 6.42 Å². The van der Waals surface area contributed by atoms with E-state index in [0.29, 0.717) is 0 Å². The zero-order valence-electron chi connectivity index (χ0n) is 6.28. The molecule has 0 spiro atoms. The van der Waals surface area contributed by atoms with Gasteiger partial charge in [-0.1, -0.05) is 0 Å². The van der Waals surface area contributed by atoms with Gasteiger partial charge in [0.25, 0.3) is 0 Å². The van der Waals surface area contributed by atoms with Crippen LogP contribution in [0, 0.1) is 0 Å². The summed E-state index contributed by atoms with van der Waals surface area (Å²) in [7, 11) is 0. The quantitative estimate of drug-likeness (QED) is 0.632. The minimum atomic E-state index is -0.269. The predicted octanol–water partition coefficient (Wildman–Crippen LogP) is 1.39. The molecule has 1 saturated heterocycles. The number of halogens is 2. The molecule has 0 saturated carbocycles. The Kier molecular flexibility index (Phi) is 8.01. The van der Waals surface area contributed by atoms with Crippen molar-refractivity contribution in [3.8, 4) is 0 Å². The minimum absolute atomic E-state index is 0. The number of piperidine rings is 1. The maximum atomic E-state index is 10.5. The monoisotopic (exact) mass is 200 g/mol. The van der Waals surface area contributed by atoms with Gasteiger partial charge in [0, 0.05) is 13.1 Å². The number of carbonyl (C=O) groups is 1. The van der Waals surface area contributed by atoms with Crippen LogP contribution in [-0.2, 0) is 0 Å². The SMILES string of the molecule is Cl.Cl.NC(=O)N1CCCCC1. The third-order valence-electron chi connectivity index (χ3n) is 1.67. The van der Waals surface area contributed by atoms with Gasteiger partial charge in [-0.25, -0.2) is 4.79 Å². The Hall–Kier alpha value is -0.150. The van der Waals surface area contributed by atoms with Gasteiger partial charge in [-0.15, -0.1) is 24.8 Å². The van der Waals surface area contributed by atoms with Crippen LogP contribution in [0.2, 0.25) is 0 Å². The average Bonchev–Trinajstić information content (AvgIpc) is 1.90. The zero-order chi connectivity index (χ0) is 6.69. The predicted molar refractivity (Wildman–Crippen MR) is 49.5 cm³/mol. The van der Waals surface area contributed by atoms with E-state index < -0.39 is 0 Å². The molecular weight excluding hydrogens is 187 g/mol. The molecule has 1 heterocycles. The summed E-state index contributed by atoms with van der Waals surface area (Å²) in [6.07, 6.45) is 3.47. The van der Waals surface area contributed by atoms with E-state index >= 15 is 0 Å². The van der Waals surface area contributed by atoms with Gasteiger partial charge in [0.1, 0.15) is 0 Å². The second kappa shape index (κ2) is 6.55. The molecule has 11 heavy (non-hydrogen) atoms. The third kappa shape index (κ3) is 4.32. The van der Waals surface area contributed by atoms with Crippen molar-refractivity contribution < 1.29 is 4.79 Å². The number of primary amides is 1. The van der Waals surface area contributed by atoms with Gasteiger partial charge in [-0.2, -0.15) is 0 Å². The van der Waals surface area contributed by atoms with Crippen LogP contribution in [0.15, 0.2) is 0 Å². The largest absolute Gasteiger partial charge is 0.351 e. The van der Waals surface area contributed by atoms with Crippen LogP contribution in [0.5, 0.6) is 0 Å². The van der Waals surface area contributed by atoms with Crippen molar-refractivity contribution in [3.63, 3.8) is 0 Å². The van der Waals surface area contributed by atoms with E-state index in [4.69, 9.17) is 5.73 Å². The lowest BCUT2D eigenvalue weighted by Crippen LogP contribution is -2.39. The number of likely N-dealkylation sites (tertiary alicyclic amines) is 1. The maximum absolute atomic E-state index is 10.5. The van der Waals surface area contributed by atoms with Gasteiger partial charge in [0.2, 0.25) is 0 Å². The molecule has 0 bridgehead atoms. The van der Waals surface area contributed by atoms with Crippen LogP contribution in [0.25, 0.3) is 0 Å². The zero-order valence-corrected chi connectivity index (χ0v) is 7.92. The molecule has 0 aromatic carbocycles. The molecule has 5 heteroatoms. The Morgan fingerprint density at radius 2 is 1.55 bits per heavy atom. The molecule has 0 radical (unpaired) electrons. The average molecular weight is 201 g/mol. The molecular formula is C6H14Cl2N2O. The smallest absolute Gasteiger partial charge is 0.314 e. The first-order valence-corrected chi connectivity index (χ1v) is 3.35. The van der Waals surface area contributed by atoms with Gasteiger partial charge in [-0.05, 0) is 19.3 Å². The van der Waals surface area contributed by atoms with Crippen molar-refractivity contribution in [3.05, 3.63) is 0 Å². The second-order valence-electron chi connectivity index (χ2n) is 2.39. The maximum Gasteiger partial charge on any atom is 0.314 e. The van der Waals surface area contributed by atoms with E-state index in [0.717, 1.165) is 25.9 Å². The normalized spacial score (nSPS) is 16.2. The summed E-state index contributed by atoms with van der Waals surface area (Å²) in [5.41, 5.74) is 5.05. The molecule has 0 aliphatic carbocycles. The highest BCUT2D eigenvalue weighted by Gasteiger charge is 2.11. The molecule has 1 fully saturated rings. The van der Waals surface area contributed by atoms with Gasteiger partial charge >= 0.3 is 6.03 Å². The van der Waals surface area contributed by atoms with Crippen molar-refractivity contribution in [1.82, 2.24) is 4.90 Å². The van der Waals surface area contributed by atoms with Crippen molar-refractivity contribution >= 4 is 30.8 Å².